The van der Waals surface area contributed by atoms with E-state index < -0.39 is 60.9 Å². The summed E-state index contributed by atoms with van der Waals surface area (Å²) in [5.41, 5.74) is 20.7. The molecule has 0 fully saturated rings. The minimum absolute atomic E-state index is 0.00342. The molecule has 0 saturated carbocycles. The van der Waals surface area contributed by atoms with Crippen molar-refractivity contribution in [3.05, 3.63) is 0 Å². The molecule has 0 bridgehead atoms. The predicted octanol–water partition coefficient (Wildman–Crippen LogP) is -5.20. The number of hydrogen-bond acceptors (Lipinski definition) is 8. The van der Waals surface area contributed by atoms with E-state index in [1.54, 1.807) is 0 Å². The number of carboxylic acid groups (broad SMARTS) is 1. The van der Waals surface area contributed by atoms with Crippen molar-refractivity contribution >= 4 is 35.6 Å². The zero-order chi connectivity index (χ0) is 24.0. The van der Waals surface area contributed by atoms with Gasteiger partial charge in [-0.25, -0.2) is 4.79 Å². The molecule has 15 heteroatoms. The first-order valence-corrected chi connectivity index (χ1v) is 9.28. The third-order valence-electron chi connectivity index (χ3n) is 3.85. The maximum absolute atomic E-state index is 12.5. The van der Waals surface area contributed by atoms with E-state index in [4.69, 9.17) is 28.0 Å². The van der Waals surface area contributed by atoms with Gasteiger partial charge in [-0.3, -0.25) is 24.2 Å². The molecule has 31 heavy (non-hydrogen) atoms. The van der Waals surface area contributed by atoms with Crippen molar-refractivity contribution < 1.29 is 34.2 Å². The van der Waals surface area contributed by atoms with Crippen LogP contribution in [0.1, 0.15) is 25.7 Å². The zero-order valence-corrected chi connectivity index (χ0v) is 16.9. The molecule has 0 spiro atoms. The van der Waals surface area contributed by atoms with Crippen LogP contribution in [0.2, 0.25) is 0 Å². The number of hydrogen-bond donors (Lipinski definition) is 9. The number of aliphatic hydroxyl groups excluding tert-OH is 1. The predicted molar refractivity (Wildman–Crippen MR) is 108 cm³/mol. The Labute approximate surface area is 178 Å². The van der Waals surface area contributed by atoms with Crippen molar-refractivity contribution in [3.63, 3.8) is 0 Å². The van der Waals surface area contributed by atoms with Crippen LogP contribution in [0.15, 0.2) is 4.99 Å². The van der Waals surface area contributed by atoms with E-state index in [0.29, 0.717) is 0 Å². The fraction of sp³-hybridized carbons (Fsp3) is 0.625. The monoisotopic (exact) mass is 446 g/mol. The average Bonchev–Trinajstić information content (AvgIpc) is 2.69. The number of carbonyl (C=O) groups excluding carboxylic acids is 4. The number of amides is 4. The smallest absolute Gasteiger partial charge is 0.326 e. The molecule has 3 unspecified atom stereocenters. The van der Waals surface area contributed by atoms with Gasteiger partial charge in [0, 0.05) is 13.0 Å². The average molecular weight is 446 g/mol. The number of aliphatic carboxylic acids is 1. The third-order valence-corrected chi connectivity index (χ3v) is 3.85. The Morgan fingerprint density at radius 1 is 0.935 bits per heavy atom. The van der Waals surface area contributed by atoms with Gasteiger partial charge in [0.25, 0.3) is 0 Å². The van der Waals surface area contributed by atoms with Crippen LogP contribution in [0.5, 0.6) is 0 Å². The Morgan fingerprint density at radius 2 is 1.58 bits per heavy atom. The molecule has 3 atom stereocenters. The minimum Gasteiger partial charge on any atom is -0.480 e. The molecule has 15 nitrogen and oxygen atoms in total. The fourth-order valence-electron chi connectivity index (χ4n) is 2.22. The highest BCUT2D eigenvalue weighted by Gasteiger charge is 2.27. The number of carboxylic acids is 1. The molecule has 0 aromatic rings. The molecule has 0 aliphatic rings. The fourth-order valence-corrected chi connectivity index (χ4v) is 2.22. The Kier molecular flexibility index (Phi) is 12.9. The first-order chi connectivity index (χ1) is 14.5. The summed E-state index contributed by atoms with van der Waals surface area (Å²) >= 11 is 0. The van der Waals surface area contributed by atoms with Crippen LogP contribution in [0, 0.1) is 0 Å². The Balaban J connectivity index is 4.98. The molecular formula is C16H30N8O7. The van der Waals surface area contributed by atoms with Crippen LogP contribution in [0.4, 0.5) is 0 Å². The van der Waals surface area contributed by atoms with Gasteiger partial charge in [-0.2, -0.15) is 0 Å². The van der Waals surface area contributed by atoms with Crippen LogP contribution in [0.3, 0.4) is 0 Å². The standard InChI is InChI=1S/C16H30N8O7/c17-8(7-25)13(28)22-6-12(27)23-9(3-4-11(18)26)14(29)24-10(15(30)31)2-1-5-21-16(19)20/h8-10,25H,1-7,17H2,(H2,18,26)(H,22,28)(H,23,27)(H,24,29)(H,30,31)(H4,19,20,21). The second kappa shape index (κ2) is 14.5. The lowest BCUT2D eigenvalue weighted by atomic mass is 10.1. The Bertz CT molecular complexity index is 681. The molecule has 0 aliphatic carbocycles. The lowest BCUT2D eigenvalue weighted by Gasteiger charge is -2.21. The number of nitrogens with one attached hydrogen (secondary N) is 3. The SMILES string of the molecule is NC(=O)CCC(NC(=O)CNC(=O)C(N)CO)C(=O)NC(CCCN=C(N)N)C(=O)O. The van der Waals surface area contributed by atoms with Crippen molar-refractivity contribution in [3.8, 4) is 0 Å². The van der Waals surface area contributed by atoms with Gasteiger partial charge in [0.15, 0.2) is 5.96 Å². The molecule has 176 valence electrons. The number of primary amides is 1. The summed E-state index contributed by atoms with van der Waals surface area (Å²) in [4.78, 5) is 62.2. The van der Waals surface area contributed by atoms with Gasteiger partial charge in [0.2, 0.25) is 23.6 Å². The highest BCUT2D eigenvalue weighted by atomic mass is 16.4. The zero-order valence-electron chi connectivity index (χ0n) is 16.9. The first kappa shape index (κ1) is 27.5. The van der Waals surface area contributed by atoms with E-state index in [1.165, 1.54) is 0 Å². The summed E-state index contributed by atoms with van der Waals surface area (Å²) in [6.07, 6.45) is -0.201. The summed E-state index contributed by atoms with van der Waals surface area (Å²) in [7, 11) is 0. The second-order valence-electron chi connectivity index (χ2n) is 6.48. The van der Waals surface area contributed by atoms with E-state index in [2.05, 4.69) is 20.9 Å². The molecule has 0 aromatic heterocycles. The van der Waals surface area contributed by atoms with Crippen LogP contribution in [-0.2, 0) is 24.0 Å². The van der Waals surface area contributed by atoms with Gasteiger partial charge in [-0.05, 0) is 19.3 Å². The van der Waals surface area contributed by atoms with E-state index in [-0.39, 0.29) is 38.2 Å². The summed E-state index contributed by atoms with van der Waals surface area (Å²) in [5, 5.41) is 24.8. The van der Waals surface area contributed by atoms with Crippen LogP contribution < -0.4 is 38.9 Å². The highest BCUT2D eigenvalue weighted by molar-refractivity contribution is 5.92. The van der Waals surface area contributed by atoms with Crippen LogP contribution in [-0.4, -0.2) is 83.6 Å². The number of nitrogens with zero attached hydrogens (tertiary/aromatic N) is 1. The van der Waals surface area contributed by atoms with Gasteiger partial charge in [0.1, 0.15) is 18.1 Å². The molecule has 0 heterocycles. The van der Waals surface area contributed by atoms with Crippen molar-refractivity contribution in [1.82, 2.24) is 16.0 Å². The van der Waals surface area contributed by atoms with Gasteiger partial charge >= 0.3 is 5.97 Å². The van der Waals surface area contributed by atoms with Gasteiger partial charge in [0.05, 0.1) is 13.2 Å². The van der Waals surface area contributed by atoms with Crippen molar-refractivity contribution in [2.75, 3.05) is 19.7 Å². The molecule has 4 amide bonds. The molecule has 0 saturated heterocycles. The maximum atomic E-state index is 12.5. The summed E-state index contributed by atoms with van der Waals surface area (Å²) in [6, 6.07) is -3.81. The van der Waals surface area contributed by atoms with Crippen LogP contribution in [0.25, 0.3) is 0 Å². The topological polar surface area (TPSA) is 278 Å². The number of aliphatic hydroxyl groups is 1. The molecule has 0 aromatic carbocycles. The number of aliphatic imine (C=N–C) groups is 1. The quantitative estimate of drug-likeness (QED) is 0.0654. The van der Waals surface area contributed by atoms with Crippen molar-refractivity contribution in [2.24, 2.45) is 27.9 Å². The lowest BCUT2D eigenvalue weighted by molar-refractivity contribution is -0.142. The van der Waals surface area contributed by atoms with Gasteiger partial charge < -0.3 is 49.1 Å². The Morgan fingerprint density at radius 3 is 2.10 bits per heavy atom. The molecular weight excluding hydrogens is 416 g/mol. The molecule has 0 rings (SSSR count). The normalized spacial score (nSPS) is 13.2. The molecule has 13 N–H and O–H groups in total. The highest BCUT2D eigenvalue weighted by Crippen LogP contribution is 2.03. The summed E-state index contributed by atoms with van der Waals surface area (Å²) in [6.45, 7) is -1.04. The molecule has 0 radical (unpaired) electrons. The van der Waals surface area contributed by atoms with Gasteiger partial charge in [-0.1, -0.05) is 0 Å². The van der Waals surface area contributed by atoms with Crippen molar-refractivity contribution in [1.29, 1.82) is 0 Å². The maximum Gasteiger partial charge on any atom is 0.326 e. The van der Waals surface area contributed by atoms with Crippen LogP contribution >= 0.6 is 0 Å². The molecule has 0 aliphatic heterocycles. The van der Waals surface area contributed by atoms with E-state index >= 15 is 0 Å². The van der Waals surface area contributed by atoms with E-state index in [1.807, 2.05) is 0 Å². The summed E-state index contributed by atoms with van der Waals surface area (Å²) < 4.78 is 0. The number of guanidine groups is 1. The van der Waals surface area contributed by atoms with E-state index in [0.717, 1.165) is 0 Å². The number of carbonyl (C=O) groups is 5. The second-order valence-corrected chi connectivity index (χ2v) is 6.48. The largest absolute Gasteiger partial charge is 0.480 e. The number of rotatable bonds is 15. The Hall–Kier alpha value is -3.46. The minimum atomic E-state index is -1.32. The van der Waals surface area contributed by atoms with Crippen molar-refractivity contribution in [2.45, 2.75) is 43.8 Å². The lowest BCUT2D eigenvalue weighted by Crippen LogP contribution is -2.54. The van der Waals surface area contributed by atoms with Gasteiger partial charge in [-0.15, -0.1) is 0 Å². The number of nitrogens with two attached hydrogens (primary N) is 4. The third kappa shape index (κ3) is 12.7. The first-order valence-electron chi connectivity index (χ1n) is 9.28. The van der Waals surface area contributed by atoms with E-state index in [9.17, 15) is 29.1 Å². The summed E-state index contributed by atoms with van der Waals surface area (Å²) in [5.74, 6) is -4.66.